The smallest absolute Gasteiger partial charge is 0.244 e. The Labute approximate surface area is 121 Å². The molecular formula is C15H24N4O. The lowest BCUT2D eigenvalue weighted by Crippen LogP contribution is -2.34. The second kappa shape index (κ2) is 7.09. The fraction of sp³-hybridized carbons (Fsp3) is 0.667. The highest BCUT2D eigenvalue weighted by atomic mass is 16.2. The summed E-state index contributed by atoms with van der Waals surface area (Å²) in [5.74, 6) is -0.216. The first-order valence-corrected chi connectivity index (χ1v) is 7.26. The first-order chi connectivity index (χ1) is 9.49. The molecule has 0 unspecified atom stereocenters. The Bertz CT molecular complexity index is 478. The molecule has 110 valence electrons. The highest BCUT2D eigenvalue weighted by molar-refractivity contribution is 5.97. The van der Waals surface area contributed by atoms with Crippen molar-refractivity contribution in [2.45, 2.75) is 59.4 Å². The van der Waals surface area contributed by atoms with Gasteiger partial charge in [-0.05, 0) is 26.7 Å². The van der Waals surface area contributed by atoms with Crippen molar-refractivity contribution in [3.8, 4) is 6.07 Å². The Balaban J connectivity index is 2.87. The highest BCUT2D eigenvalue weighted by Gasteiger charge is 2.37. The van der Waals surface area contributed by atoms with Crippen LogP contribution in [0.1, 0.15) is 59.4 Å². The molecule has 0 atom stereocenters. The molecule has 5 heteroatoms. The minimum absolute atomic E-state index is 0.216. The summed E-state index contributed by atoms with van der Waals surface area (Å²) in [7, 11) is 0. The van der Waals surface area contributed by atoms with E-state index in [1.54, 1.807) is 17.1 Å². The van der Waals surface area contributed by atoms with E-state index in [0.717, 1.165) is 12.8 Å². The summed E-state index contributed by atoms with van der Waals surface area (Å²) < 4.78 is 1.78. The van der Waals surface area contributed by atoms with Crippen LogP contribution in [0.25, 0.3) is 0 Å². The quantitative estimate of drug-likeness (QED) is 0.828. The van der Waals surface area contributed by atoms with Gasteiger partial charge in [0.05, 0.1) is 18.0 Å². The van der Waals surface area contributed by atoms with E-state index < -0.39 is 5.41 Å². The van der Waals surface area contributed by atoms with Gasteiger partial charge in [-0.2, -0.15) is 10.4 Å². The molecule has 0 saturated carbocycles. The molecule has 0 aliphatic rings. The second-order valence-corrected chi connectivity index (χ2v) is 5.45. The molecule has 20 heavy (non-hydrogen) atoms. The minimum atomic E-state index is -0.927. The fourth-order valence-corrected chi connectivity index (χ4v) is 2.30. The van der Waals surface area contributed by atoms with E-state index in [1.165, 1.54) is 0 Å². The standard InChI is InChI=1S/C15H24N4O/c1-5-7-15(11-16,8-6-2)14(20)18-13-9-17-19(10-13)12(3)4/h9-10,12H,5-8H2,1-4H3,(H,18,20). The Morgan fingerprint density at radius 2 is 2.05 bits per heavy atom. The third-order valence-electron chi connectivity index (χ3n) is 3.39. The minimum Gasteiger partial charge on any atom is -0.322 e. The summed E-state index contributed by atoms with van der Waals surface area (Å²) in [6.45, 7) is 8.02. The normalized spacial score (nSPS) is 11.4. The number of anilines is 1. The molecule has 0 radical (unpaired) electrons. The van der Waals surface area contributed by atoms with Crippen molar-refractivity contribution in [3.05, 3.63) is 12.4 Å². The molecule has 0 saturated heterocycles. The number of nitrogens with zero attached hydrogens (tertiary/aromatic N) is 3. The van der Waals surface area contributed by atoms with Gasteiger partial charge in [0, 0.05) is 12.2 Å². The molecule has 5 nitrogen and oxygen atoms in total. The Kier molecular flexibility index (Phi) is 5.75. The lowest BCUT2D eigenvalue weighted by Gasteiger charge is -2.24. The second-order valence-electron chi connectivity index (χ2n) is 5.45. The number of amides is 1. The number of hydrogen-bond donors (Lipinski definition) is 1. The van der Waals surface area contributed by atoms with E-state index in [4.69, 9.17) is 0 Å². The highest BCUT2D eigenvalue weighted by Crippen LogP contribution is 2.30. The lowest BCUT2D eigenvalue weighted by molar-refractivity contribution is -0.123. The topological polar surface area (TPSA) is 70.7 Å². The van der Waals surface area contributed by atoms with Gasteiger partial charge in [0.2, 0.25) is 5.91 Å². The van der Waals surface area contributed by atoms with Gasteiger partial charge in [0.25, 0.3) is 0 Å². The Morgan fingerprint density at radius 3 is 2.45 bits per heavy atom. The van der Waals surface area contributed by atoms with Gasteiger partial charge in [0.1, 0.15) is 5.41 Å². The van der Waals surface area contributed by atoms with Crippen LogP contribution in [-0.4, -0.2) is 15.7 Å². The average molecular weight is 276 g/mol. The molecule has 0 bridgehead atoms. The maximum atomic E-state index is 12.5. The van der Waals surface area contributed by atoms with Crippen molar-refractivity contribution in [2.75, 3.05) is 5.32 Å². The fourth-order valence-electron chi connectivity index (χ4n) is 2.30. The summed E-state index contributed by atoms with van der Waals surface area (Å²) in [5, 5.41) is 16.5. The molecule has 0 spiro atoms. The van der Waals surface area contributed by atoms with Crippen molar-refractivity contribution in [3.63, 3.8) is 0 Å². The van der Waals surface area contributed by atoms with E-state index in [9.17, 15) is 10.1 Å². The molecule has 1 rings (SSSR count). The predicted molar refractivity (Wildman–Crippen MR) is 79.1 cm³/mol. The van der Waals surface area contributed by atoms with Gasteiger partial charge < -0.3 is 5.32 Å². The molecule has 0 aliphatic carbocycles. The van der Waals surface area contributed by atoms with Gasteiger partial charge >= 0.3 is 0 Å². The number of aromatic nitrogens is 2. The van der Waals surface area contributed by atoms with Crippen molar-refractivity contribution in [1.29, 1.82) is 5.26 Å². The van der Waals surface area contributed by atoms with Crippen LogP contribution >= 0.6 is 0 Å². The van der Waals surface area contributed by atoms with E-state index in [2.05, 4.69) is 16.5 Å². The molecular weight excluding hydrogens is 252 g/mol. The number of hydrogen-bond acceptors (Lipinski definition) is 3. The zero-order valence-electron chi connectivity index (χ0n) is 12.8. The zero-order valence-corrected chi connectivity index (χ0v) is 12.8. The number of nitriles is 1. The van der Waals surface area contributed by atoms with Crippen LogP contribution in [0.5, 0.6) is 0 Å². The van der Waals surface area contributed by atoms with Crippen LogP contribution in [0.15, 0.2) is 12.4 Å². The van der Waals surface area contributed by atoms with Crippen molar-refractivity contribution in [1.82, 2.24) is 9.78 Å². The molecule has 0 aromatic carbocycles. The van der Waals surface area contributed by atoms with Crippen molar-refractivity contribution in [2.24, 2.45) is 5.41 Å². The molecule has 1 heterocycles. The monoisotopic (exact) mass is 276 g/mol. The maximum absolute atomic E-state index is 12.5. The van der Waals surface area contributed by atoms with Gasteiger partial charge in [-0.3, -0.25) is 9.48 Å². The third kappa shape index (κ3) is 3.60. The molecule has 0 aliphatic heterocycles. The van der Waals surface area contributed by atoms with Crippen LogP contribution in [-0.2, 0) is 4.79 Å². The SMILES string of the molecule is CCCC(C#N)(CCC)C(=O)Nc1cnn(C(C)C)c1. The van der Waals surface area contributed by atoms with Crippen molar-refractivity contribution >= 4 is 11.6 Å². The summed E-state index contributed by atoms with van der Waals surface area (Å²) in [6.07, 6.45) is 6.21. The Hall–Kier alpha value is -1.83. The number of carbonyl (C=O) groups excluding carboxylic acids is 1. The number of rotatable bonds is 7. The van der Waals surface area contributed by atoms with Gasteiger partial charge in [-0.1, -0.05) is 26.7 Å². The van der Waals surface area contributed by atoms with Crippen LogP contribution < -0.4 is 5.32 Å². The molecule has 1 aromatic heterocycles. The average Bonchev–Trinajstić information content (AvgIpc) is 2.87. The lowest BCUT2D eigenvalue weighted by atomic mass is 9.80. The maximum Gasteiger partial charge on any atom is 0.244 e. The number of nitrogens with one attached hydrogen (secondary N) is 1. The van der Waals surface area contributed by atoms with E-state index in [0.29, 0.717) is 18.5 Å². The largest absolute Gasteiger partial charge is 0.322 e. The first-order valence-electron chi connectivity index (χ1n) is 7.26. The third-order valence-corrected chi connectivity index (χ3v) is 3.39. The zero-order chi connectivity index (χ0) is 15.2. The van der Waals surface area contributed by atoms with Crippen LogP contribution in [0.4, 0.5) is 5.69 Å². The van der Waals surface area contributed by atoms with E-state index in [1.807, 2.05) is 27.7 Å². The predicted octanol–water partition coefficient (Wildman–Crippen LogP) is 3.51. The number of carbonyl (C=O) groups is 1. The molecule has 1 aromatic rings. The van der Waals surface area contributed by atoms with Gasteiger partial charge in [0.15, 0.2) is 0 Å². The van der Waals surface area contributed by atoms with Gasteiger partial charge in [-0.25, -0.2) is 0 Å². The summed E-state index contributed by atoms with van der Waals surface area (Å²) >= 11 is 0. The first kappa shape index (κ1) is 16.2. The van der Waals surface area contributed by atoms with Crippen LogP contribution in [0.2, 0.25) is 0 Å². The van der Waals surface area contributed by atoms with E-state index >= 15 is 0 Å². The van der Waals surface area contributed by atoms with Crippen molar-refractivity contribution < 1.29 is 4.79 Å². The summed E-state index contributed by atoms with van der Waals surface area (Å²) in [5.41, 5.74) is -0.279. The van der Waals surface area contributed by atoms with E-state index in [-0.39, 0.29) is 11.9 Å². The molecule has 0 fully saturated rings. The van der Waals surface area contributed by atoms with Crippen LogP contribution in [0, 0.1) is 16.7 Å². The van der Waals surface area contributed by atoms with Crippen LogP contribution in [0.3, 0.4) is 0 Å². The summed E-state index contributed by atoms with van der Waals surface area (Å²) in [6, 6.07) is 2.47. The molecule has 1 N–H and O–H groups in total. The molecule has 1 amide bonds. The summed E-state index contributed by atoms with van der Waals surface area (Å²) in [4.78, 5) is 12.5. The van der Waals surface area contributed by atoms with Gasteiger partial charge in [-0.15, -0.1) is 0 Å². The Morgan fingerprint density at radius 1 is 1.45 bits per heavy atom.